The molecule has 0 unspecified atom stereocenters. The lowest BCUT2D eigenvalue weighted by Gasteiger charge is -2.00. The Kier molecular flexibility index (Phi) is 3.57. The minimum absolute atomic E-state index is 0.0528. The number of amides is 1. The summed E-state index contributed by atoms with van der Waals surface area (Å²) < 4.78 is 13.0. The van der Waals surface area contributed by atoms with Gasteiger partial charge in [0.15, 0.2) is 0 Å². The zero-order chi connectivity index (χ0) is 9.84. The first-order valence-electron chi connectivity index (χ1n) is 3.46. The summed E-state index contributed by atoms with van der Waals surface area (Å²) in [5.41, 5.74) is 4.91. The van der Waals surface area contributed by atoms with E-state index in [1.807, 2.05) is 0 Å². The fourth-order valence-corrected chi connectivity index (χ4v) is 1.69. The van der Waals surface area contributed by atoms with Gasteiger partial charge in [-0.2, -0.15) is 0 Å². The molecule has 2 N–H and O–H groups in total. The normalized spacial score (nSPS) is 10.0. The Hall–Kier alpha value is -0.740. The van der Waals surface area contributed by atoms with E-state index < -0.39 is 11.7 Å². The topological polar surface area (TPSA) is 43.1 Å². The van der Waals surface area contributed by atoms with E-state index in [1.54, 1.807) is 0 Å². The van der Waals surface area contributed by atoms with Gasteiger partial charge in [-0.15, -0.1) is 11.8 Å². The maximum atomic E-state index is 13.0. The molecule has 0 fully saturated rings. The second kappa shape index (κ2) is 4.48. The molecule has 0 saturated heterocycles. The van der Waals surface area contributed by atoms with Gasteiger partial charge in [-0.3, -0.25) is 4.79 Å². The number of hydrogen-bond acceptors (Lipinski definition) is 2. The van der Waals surface area contributed by atoms with Crippen LogP contribution in [0.4, 0.5) is 4.39 Å². The smallest absolute Gasteiger partial charge is 0.227 e. The maximum Gasteiger partial charge on any atom is 0.227 e. The minimum atomic E-state index is -0.482. The molecule has 0 aliphatic heterocycles. The summed E-state index contributed by atoms with van der Waals surface area (Å²) in [4.78, 5) is 10.8. The van der Waals surface area contributed by atoms with Crippen LogP contribution in [0, 0.1) is 5.82 Å². The first-order chi connectivity index (χ1) is 6.09. The maximum absolute atomic E-state index is 13.0. The van der Waals surface area contributed by atoms with Gasteiger partial charge in [-0.1, -0.05) is 11.6 Å². The van der Waals surface area contributed by atoms with Crippen LogP contribution in [0.15, 0.2) is 23.1 Å². The monoisotopic (exact) mass is 219 g/mol. The molecule has 0 atom stereocenters. The summed E-state index contributed by atoms with van der Waals surface area (Å²) in [6.07, 6.45) is 0. The zero-order valence-corrected chi connectivity index (χ0v) is 8.16. The van der Waals surface area contributed by atoms with Gasteiger partial charge in [0.25, 0.3) is 0 Å². The van der Waals surface area contributed by atoms with Crippen LogP contribution in [0.3, 0.4) is 0 Å². The Morgan fingerprint density at radius 2 is 2.31 bits per heavy atom. The Labute approximate surface area is 84.3 Å². The number of halogens is 2. The standard InChI is InChI=1S/C8H7ClFNOS/c9-5-1-2-6(10)7(3-5)13-4-8(11)12/h1-3H,4H2,(H2,11,12). The molecular formula is C8H7ClFNOS. The Balaban J connectivity index is 2.75. The van der Waals surface area contributed by atoms with E-state index in [9.17, 15) is 9.18 Å². The Bertz CT molecular complexity index is 332. The molecule has 0 heterocycles. The van der Waals surface area contributed by atoms with Crippen LogP contribution in [-0.4, -0.2) is 11.7 Å². The first-order valence-corrected chi connectivity index (χ1v) is 4.82. The quantitative estimate of drug-likeness (QED) is 0.791. The highest BCUT2D eigenvalue weighted by Crippen LogP contribution is 2.24. The summed E-state index contributed by atoms with van der Waals surface area (Å²) in [6, 6.07) is 4.17. The molecule has 1 aromatic rings. The molecule has 0 aliphatic rings. The number of nitrogens with two attached hydrogens (primary N) is 1. The molecule has 0 aliphatic carbocycles. The number of thioether (sulfide) groups is 1. The van der Waals surface area contributed by atoms with Crippen LogP contribution in [-0.2, 0) is 4.79 Å². The lowest BCUT2D eigenvalue weighted by atomic mass is 10.3. The summed E-state index contributed by atoms with van der Waals surface area (Å²) in [5, 5.41) is 0.438. The van der Waals surface area contributed by atoms with Gasteiger partial charge in [0.05, 0.1) is 5.75 Å². The van der Waals surface area contributed by atoms with E-state index >= 15 is 0 Å². The number of rotatable bonds is 3. The molecule has 70 valence electrons. The fourth-order valence-electron chi connectivity index (χ4n) is 0.737. The molecule has 0 radical (unpaired) electrons. The predicted octanol–water partition coefficient (Wildman–Crippen LogP) is 2.06. The molecule has 0 bridgehead atoms. The van der Waals surface area contributed by atoms with E-state index in [-0.39, 0.29) is 5.75 Å². The molecule has 13 heavy (non-hydrogen) atoms. The molecule has 0 aromatic heterocycles. The molecule has 0 spiro atoms. The number of carbonyl (C=O) groups is 1. The number of primary amides is 1. The van der Waals surface area contributed by atoms with Crippen molar-refractivity contribution < 1.29 is 9.18 Å². The average molecular weight is 220 g/mol. The van der Waals surface area contributed by atoms with Crippen molar-refractivity contribution >= 4 is 29.3 Å². The van der Waals surface area contributed by atoms with E-state index in [0.717, 1.165) is 11.8 Å². The van der Waals surface area contributed by atoms with Crippen molar-refractivity contribution in [3.63, 3.8) is 0 Å². The van der Waals surface area contributed by atoms with Crippen molar-refractivity contribution in [2.45, 2.75) is 4.90 Å². The van der Waals surface area contributed by atoms with Crippen LogP contribution in [0.25, 0.3) is 0 Å². The van der Waals surface area contributed by atoms with Gasteiger partial charge in [0.1, 0.15) is 5.82 Å². The van der Waals surface area contributed by atoms with Crippen LogP contribution in [0.1, 0.15) is 0 Å². The molecule has 2 nitrogen and oxygen atoms in total. The highest BCUT2D eigenvalue weighted by molar-refractivity contribution is 8.00. The van der Waals surface area contributed by atoms with Gasteiger partial charge in [-0.05, 0) is 18.2 Å². The highest BCUT2D eigenvalue weighted by atomic mass is 35.5. The second-order valence-electron chi connectivity index (χ2n) is 2.33. The third kappa shape index (κ3) is 3.24. The second-order valence-corrected chi connectivity index (χ2v) is 3.78. The molecule has 5 heteroatoms. The van der Waals surface area contributed by atoms with Crippen molar-refractivity contribution in [1.29, 1.82) is 0 Å². The largest absolute Gasteiger partial charge is 0.369 e. The molecular weight excluding hydrogens is 213 g/mol. The molecule has 0 saturated carbocycles. The average Bonchev–Trinajstić information content (AvgIpc) is 2.06. The lowest BCUT2D eigenvalue weighted by molar-refractivity contribution is -0.115. The van der Waals surface area contributed by atoms with Gasteiger partial charge < -0.3 is 5.73 Å². The summed E-state index contributed by atoms with van der Waals surface area (Å²) in [5.74, 6) is -0.822. The van der Waals surface area contributed by atoms with E-state index in [1.165, 1.54) is 18.2 Å². The lowest BCUT2D eigenvalue weighted by Crippen LogP contribution is -2.13. The van der Waals surface area contributed by atoms with Crippen molar-refractivity contribution in [3.05, 3.63) is 29.0 Å². The molecule has 1 rings (SSSR count). The van der Waals surface area contributed by atoms with E-state index in [4.69, 9.17) is 17.3 Å². The minimum Gasteiger partial charge on any atom is -0.369 e. The first kappa shape index (κ1) is 10.3. The molecule has 1 amide bonds. The van der Waals surface area contributed by atoms with Crippen molar-refractivity contribution in [2.75, 3.05) is 5.75 Å². The van der Waals surface area contributed by atoms with Crippen molar-refractivity contribution in [2.24, 2.45) is 5.73 Å². The van der Waals surface area contributed by atoms with E-state index in [2.05, 4.69) is 0 Å². The summed E-state index contributed by atoms with van der Waals surface area (Å²) in [7, 11) is 0. The Morgan fingerprint density at radius 1 is 1.62 bits per heavy atom. The number of benzene rings is 1. The van der Waals surface area contributed by atoms with Gasteiger partial charge in [0, 0.05) is 9.92 Å². The third-order valence-electron chi connectivity index (χ3n) is 1.26. The third-order valence-corrected chi connectivity index (χ3v) is 2.55. The van der Waals surface area contributed by atoms with Crippen LogP contribution < -0.4 is 5.73 Å². The fraction of sp³-hybridized carbons (Fsp3) is 0.125. The highest BCUT2D eigenvalue weighted by Gasteiger charge is 2.04. The van der Waals surface area contributed by atoms with Crippen molar-refractivity contribution in [3.8, 4) is 0 Å². The Morgan fingerprint density at radius 3 is 2.92 bits per heavy atom. The van der Waals surface area contributed by atoms with Gasteiger partial charge >= 0.3 is 0 Å². The van der Waals surface area contributed by atoms with Gasteiger partial charge in [0.2, 0.25) is 5.91 Å². The van der Waals surface area contributed by atoms with Crippen LogP contribution in [0.5, 0.6) is 0 Å². The SMILES string of the molecule is NC(=O)CSc1cc(Cl)ccc1F. The summed E-state index contributed by atoms with van der Waals surface area (Å²) >= 11 is 6.67. The zero-order valence-electron chi connectivity index (χ0n) is 6.59. The van der Waals surface area contributed by atoms with Gasteiger partial charge in [-0.25, -0.2) is 4.39 Å². The summed E-state index contributed by atoms with van der Waals surface area (Å²) in [6.45, 7) is 0. The predicted molar refractivity (Wildman–Crippen MR) is 51.3 cm³/mol. The number of carbonyl (C=O) groups excluding carboxylic acids is 1. The number of hydrogen-bond donors (Lipinski definition) is 1. The van der Waals surface area contributed by atoms with Crippen LogP contribution >= 0.6 is 23.4 Å². The molecule has 1 aromatic carbocycles. The van der Waals surface area contributed by atoms with Crippen LogP contribution in [0.2, 0.25) is 5.02 Å². The van der Waals surface area contributed by atoms with E-state index in [0.29, 0.717) is 9.92 Å². The van der Waals surface area contributed by atoms with Crippen molar-refractivity contribution in [1.82, 2.24) is 0 Å².